The molecule has 0 aliphatic heterocycles. The van der Waals surface area contributed by atoms with E-state index in [0.717, 1.165) is 29.6 Å². The molecule has 1 N–H and O–H groups in total. The third-order valence-electron chi connectivity index (χ3n) is 2.37. The van der Waals surface area contributed by atoms with Gasteiger partial charge in [0.2, 0.25) is 0 Å². The Morgan fingerprint density at radius 2 is 2.17 bits per heavy atom. The molecule has 0 aromatic heterocycles. The highest BCUT2D eigenvalue weighted by Gasteiger charge is 2.09. The van der Waals surface area contributed by atoms with E-state index in [1.54, 1.807) is 12.1 Å². The number of nitrogens with one attached hydrogen (secondary N) is 1. The number of ether oxygens (including phenoxy) is 1. The number of halogens is 1. The fraction of sp³-hybridized carbons (Fsp3) is 0.500. The van der Waals surface area contributed by atoms with Gasteiger partial charge >= 0.3 is 0 Å². The average Bonchev–Trinajstić information content (AvgIpc) is 2.31. The van der Waals surface area contributed by atoms with Crippen LogP contribution in [0.5, 0.6) is 5.75 Å². The van der Waals surface area contributed by atoms with Crippen molar-refractivity contribution >= 4 is 21.8 Å². The lowest BCUT2D eigenvalue weighted by molar-refractivity contribution is 0.0953. The fourth-order valence-electron chi connectivity index (χ4n) is 1.47. The van der Waals surface area contributed by atoms with Crippen molar-refractivity contribution in [2.75, 3.05) is 6.54 Å². The van der Waals surface area contributed by atoms with Gasteiger partial charge in [-0.3, -0.25) is 4.79 Å². The number of hydrogen-bond donors (Lipinski definition) is 1. The predicted octanol–water partition coefficient (Wildman–Crippen LogP) is 3.77. The molecule has 18 heavy (non-hydrogen) atoms. The number of unbranched alkanes of at least 4 members (excludes halogenated alkanes) is 1. The molecule has 0 fully saturated rings. The second-order valence-corrected chi connectivity index (χ2v) is 5.28. The Hall–Kier alpha value is -1.03. The minimum atomic E-state index is -0.0414. The average molecular weight is 314 g/mol. The van der Waals surface area contributed by atoms with Crippen LogP contribution in [0.2, 0.25) is 0 Å². The van der Waals surface area contributed by atoms with Gasteiger partial charge in [0.1, 0.15) is 5.75 Å². The summed E-state index contributed by atoms with van der Waals surface area (Å²) in [4.78, 5) is 11.8. The molecule has 0 unspecified atom stereocenters. The van der Waals surface area contributed by atoms with Crippen molar-refractivity contribution in [1.29, 1.82) is 0 Å². The van der Waals surface area contributed by atoms with E-state index < -0.39 is 0 Å². The monoisotopic (exact) mass is 313 g/mol. The summed E-state index contributed by atoms with van der Waals surface area (Å²) in [6.45, 7) is 6.76. The van der Waals surface area contributed by atoms with E-state index in [1.165, 1.54) is 0 Å². The van der Waals surface area contributed by atoms with E-state index in [4.69, 9.17) is 4.74 Å². The van der Waals surface area contributed by atoms with Crippen molar-refractivity contribution in [2.45, 2.75) is 39.7 Å². The molecule has 0 aliphatic rings. The lowest BCUT2D eigenvalue weighted by Gasteiger charge is -2.12. The third-order valence-corrected chi connectivity index (χ3v) is 2.99. The van der Waals surface area contributed by atoms with E-state index in [9.17, 15) is 4.79 Å². The molecule has 0 saturated carbocycles. The summed E-state index contributed by atoms with van der Waals surface area (Å²) >= 11 is 3.42. The smallest absolute Gasteiger partial charge is 0.251 e. The van der Waals surface area contributed by atoms with Crippen LogP contribution < -0.4 is 10.1 Å². The van der Waals surface area contributed by atoms with Crippen LogP contribution in [0.15, 0.2) is 22.7 Å². The Kier molecular flexibility index (Phi) is 6.19. The molecule has 0 heterocycles. The van der Waals surface area contributed by atoms with Gasteiger partial charge in [0.15, 0.2) is 0 Å². The minimum Gasteiger partial charge on any atom is -0.490 e. The van der Waals surface area contributed by atoms with Crippen LogP contribution in [0.4, 0.5) is 0 Å². The maximum atomic E-state index is 11.8. The molecule has 0 saturated heterocycles. The van der Waals surface area contributed by atoms with E-state index in [2.05, 4.69) is 28.2 Å². The summed E-state index contributed by atoms with van der Waals surface area (Å²) < 4.78 is 6.40. The Morgan fingerprint density at radius 1 is 1.44 bits per heavy atom. The lowest BCUT2D eigenvalue weighted by atomic mass is 10.2. The van der Waals surface area contributed by atoms with E-state index in [-0.39, 0.29) is 12.0 Å². The standard InChI is InChI=1S/C14H20BrNO2/c1-4-5-8-16-14(17)11-6-7-13(12(15)9-11)18-10(2)3/h6-7,9-10H,4-5,8H2,1-3H3,(H,16,17). The Labute approximate surface area is 117 Å². The fourth-order valence-corrected chi connectivity index (χ4v) is 1.94. The lowest BCUT2D eigenvalue weighted by Crippen LogP contribution is -2.24. The minimum absolute atomic E-state index is 0.0414. The molecule has 1 rings (SSSR count). The molecule has 1 amide bonds. The van der Waals surface area contributed by atoms with Crippen molar-refractivity contribution in [2.24, 2.45) is 0 Å². The Morgan fingerprint density at radius 3 is 2.72 bits per heavy atom. The molecule has 0 radical (unpaired) electrons. The molecule has 0 bridgehead atoms. The molecule has 100 valence electrons. The van der Waals surface area contributed by atoms with E-state index >= 15 is 0 Å². The SMILES string of the molecule is CCCCNC(=O)c1ccc(OC(C)C)c(Br)c1. The van der Waals surface area contributed by atoms with Gasteiger partial charge in [0, 0.05) is 12.1 Å². The molecule has 3 nitrogen and oxygen atoms in total. The number of rotatable bonds is 6. The highest BCUT2D eigenvalue weighted by molar-refractivity contribution is 9.10. The molecule has 1 aromatic rings. The van der Waals surface area contributed by atoms with Crippen molar-refractivity contribution in [3.05, 3.63) is 28.2 Å². The van der Waals surface area contributed by atoms with Gasteiger partial charge in [-0.15, -0.1) is 0 Å². The first-order chi connectivity index (χ1) is 8.54. The van der Waals surface area contributed by atoms with Gasteiger partial charge in [0.05, 0.1) is 10.6 Å². The summed E-state index contributed by atoms with van der Waals surface area (Å²) in [5.74, 6) is 0.718. The molecular weight excluding hydrogens is 294 g/mol. The summed E-state index contributed by atoms with van der Waals surface area (Å²) in [5, 5.41) is 2.89. The van der Waals surface area contributed by atoms with Gasteiger partial charge in [0.25, 0.3) is 5.91 Å². The summed E-state index contributed by atoms with van der Waals surface area (Å²) in [5.41, 5.74) is 0.647. The summed E-state index contributed by atoms with van der Waals surface area (Å²) in [6, 6.07) is 5.39. The molecular formula is C14H20BrNO2. The van der Waals surface area contributed by atoms with Crippen LogP contribution >= 0.6 is 15.9 Å². The van der Waals surface area contributed by atoms with Crippen LogP contribution in [-0.2, 0) is 0 Å². The summed E-state index contributed by atoms with van der Waals surface area (Å²) in [6.07, 6.45) is 2.19. The first-order valence-corrected chi connectivity index (χ1v) is 7.08. The van der Waals surface area contributed by atoms with Gasteiger partial charge in [-0.25, -0.2) is 0 Å². The number of benzene rings is 1. The second-order valence-electron chi connectivity index (χ2n) is 4.42. The number of amides is 1. The van der Waals surface area contributed by atoms with Crippen LogP contribution in [0.1, 0.15) is 44.0 Å². The zero-order valence-electron chi connectivity index (χ0n) is 11.1. The van der Waals surface area contributed by atoms with E-state index in [0.29, 0.717) is 5.56 Å². The quantitative estimate of drug-likeness (QED) is 0.812. The second kappa shape index (κ2) is 7.41. The molecule has 0 atom stereocenters. The number of carbonyl (C=O) groups excluding carboxylic acids is 1. The maximum absolute atomic E-state index is 11.8. The van der Waals surface area contributed by atoms with Gasteiger partial charge in [-0.2, -0.15) is 0 Å². The summed E-state index contributed by atoms with van der Waals surface area (Å²) in [7, 11) is 0. The van der Waals surface area contributed by atoms with Crippen molar-refractivity contribution < 1.29 is 9.53 Å². The topological polar surface area (TPSA) is 38.3 Å². The van der Waals surface area contributed by atoms with Gasteiger partial charge < -0.3 is 10.1 Å². The zero-order chi connectivity index (χ0) is 13.5. The highest BCUT2D eigenvalue weighted by Crippen LogP contribution is 2.26. The predicted molar refractivity (Wildman–Crippen MR) is 77.1 cm³/mol. The van der Waals surface area contributed by atoms with Crippen LogP contribution in [0.25, 0.3) is 0 Å². The van der Waals surface area contributed by atoms with Crippen LogP contribution in [-0.4, -0.2) is 18.6 Å². The third kappa shape index (κ3) is 4.69. The normalized spacial score (nSPS) is 10.5. The van der Waals surface area contributed by atoms with Gasteiger partial charge in [-0.1, -0.05) is 13.3 Å². The van der Waals surface area contributed by atoms with Crippen molar-refractivity contribution in [1.82, 2.24) is 5.32 Å². The van der Waals surface area contributed by atoms with E-state index in [1.807, 2.05) is 19.9 Å². The zero-order valence-corrected chi connectivity index (χ0v) is 12.7. The molecule has 0 aliphatic carbocycles. The first-order valence-electron chi connectivity index (χ1n) is 6.29. The van der Waals surface area contributed by atoms with Crippen LogP contribution in [0.3, 0.4) is 0 Å². The Balaban J connectivity index is 2.68. The number of hydrogen-bond acceptors (Lipinski definition) is 2. The molecule has 0 spiro atoms. The van der Waals surface area contributed by atoms with Crippen molar-refractivity contribution in [3.63, 3.8) is 0 Å². The molecule has 4 heteroatoms. The number of carbonyl (C=O) groups is 1. The largest absolute Gasteiger partial charge is 0.490 e. The first kappa shape index (κ1) is 15.0. The maximum Gasteiger partial charge on any atom is 0.251 e. The van der Waals surface area contributed by atoms with Crippen LogP contribution in [0, 0.1) is 0 Å². The van der Waals surface area contributed by atoms with Crippen molar-refractivity contribution in [3.8, 4) is 5.75 Å². The van der Waals surface area contributed by atoms with Gasteiger partial charge in [-0.05, 0) is 54.4 Å². The molecule has 1 aromatic carbocycles. The highest BCUT2D eigenvalue weighted by atomic mass is 79.9. The Bertz CT molecular complexity index is 405.